The van der Waals surface area contributed by atoms with E-state index in [1.165, 1.54) is 17.0 Å². The first-order chi connectivity index (χ1) is 17.5. The van der Waals surface area contributed by atoms with Crippen LogP contribution in [0.2, 0.25) is 0 Å². The molecular weight excluding hydrogens is 458 g/mol. The van der Waals surface area contributed by atoms with Gasteiger partial charge in [0, 0.05) is 24.6 Å². The molecule has 4 rings (SSSR count). The minimum atomic E-state index is -0.867. The van der Waals surface area contributed by atoms with E-state index in [0.717, 1.165) is 37.7 Å². The number of hydrogen-bond donors (Lipinski definition) is 1. The molecule has 4 nitrogen and oxygen atoms in total. The summed E-state index contributed by atoms with van der Waals surface area (Å²) in [4.78, 5) is 28.8. The molecule has 36 heavy (non-hydrogen) atoms. The Hall–Kier alpha value is -3.54. The molecule has 0 saturated heterocycles. The van der Waals surface area contributed by atoms with Crippen molar-refractivity contribution in [3.63, 3.8) is 0 Å². The highest BCUT2D eigenvalue weighted by molar-refractivity contribution is 5.89. The second-order valence-electron chi connectivity index (χ2n) is 9.43. The van der Waals surface area contributed by atoms with Gasteiger partial charge in [-0.3, -0.25) is 9.59 Å². The molecule has 1 fully saturated rings. The predicted octanol–water partition coefficient (Wildman–Crippen LogP) is 5.60. The molecule has 1 saturated carbocycles. The Morgan fingerprint density at radius 2 is 1.39 bits per heavy atom. The average molecular weight is 491 g/mol. The number of halogens is 2. The molecule has 188 valence electrons. The fourth-order valence-corrected chi connectivity index (χ4v) is 4.81. The SMILES string of the molecule is O=C(NC1CCCCC1)C(Cc1ccccc1)N(Cc1ccccc1F)C(=O)Cc1ccccc1F. The van der Waals surface area contributed by atoms with Gasteiger partial charge in [-0.2, -0.15) is 0 Å². The van der Waals surface area contributed by atoms with Crippen LogP contribution in [0, 0.1) is 11.6 Å². The monoisotopic (exact) mass is 490 g/mol. The third kappa shape index (κ3) is 6.78. The van der Waals surface area contributed by atoms with Crippen LogP contribution in [0.4, 0.5) is 8.78 Å². The molecule has 0 aromatic heterocycles. The topological polar surface area (TPSA) is 49.4 Å². The summed E-state index contributed by atoms with van der Waals surface area (Å²) in [5.41, 5.74) is 1.44. The smallest absolute Gasteiger partial charge is 0.243 e. The molecule has 3 aromatic carbocycles. The maximum atomic E-state index is 14.7. The third-order valence-electron chi connectivity index (χ3n) is 6.82. The number of carbonyl (C=O) groups is 2. The Bertz CT molecular complexity index is 1160. The molecule has 0 radical (unpaired) electrons. The van der Waals surface area contributed by atoms with Crippen molar-refractivity contribution in [3.8, 4) is 0 Å². The lowest BCUT2D eigenvalue weighted by atomic mass is 9.94. The molecule has 1 unspecified atom stereocenters. The zero-order valence-electron chi connectivity index (χ0n) is 20.3. The number of carbonyl (C=O) groups excluding carboxylic acids is 2. The highest BCUT2D eigenvalue weighted by Gasteiger charge is 2.32. The standard InChI is InChI=1S/C30H32F2N2O2/c31-26-17-9-7-13-23(26)20-29(35)34(21-24-14-8-10-18-27(24)32)28(19-22-11-3-1-4-12-22)30(36)33-25-15-5-2-6-16-25/h1,3-4,7-14,17-18,25,28H,2,5-6,15-16,19-21H2,(H,33,36). The number of amides is 2. The van der Waals surface area contributed by atoms with Crippen LogP contribution < -0.4 is 5.32 Å². The molecule has 1 N–H and O–H groups in total. The van der Waals surface area contributed by atoms with Crippen molar-refractivity contribution in [1.82, 2.24) is 10.2 Å². The van der Waals surface area contributed by atoms with Crippen molar-refractivity contribution in [3.05, 3.63) is 107 Å². The first kappa shape index (κ1) is 25.5. The Balaban J connectivity index is 1.67. The van der Waals surface area contributed by atoms with Crippen LogP contribution in [0.15, 0.2) is 78.9 Å². The van der Waals surface area contributed by atoms with E-state index in [9.17, 15) is 18.4 Å². The molecule has 1 aliphatic rings. The molecule has 2 amide bonds. The summed E-state index contributed by atoms with van der Waals surface area (Å²) >= 11 is 0. The van der Waals surface area contributed by atoms with E-state index in [0.29, 0.717) is 5.56 Å². The molecule has 0 heterocycles. The molecule has 6 heteroatoms. The maximum Gasteiger partial charge on any atom is 0.243 e. The van der Waals surface area contributed by atoms with Crippen LogP contribution in [0.25, 0.3) is 0 Å². The maximum absolute atomic E-state index is 14.7. The van der Waals surface area contributed by atoms with Crippen molar-refractivity contribution in [2.24, 2.45) is 0 Å². The summed E-state index contributed by atoms with van der Waals surface area (Å²) in [5, 5.41) is 3.15. The average Bonchev–Trinajstić information content (AvgIpc) is 2.89. The minimum absolute atomic E-state index is 0.0569. The Morgan fingerprint density at radius 1 is 0.806 bits per heavy atom. The van der Waals surface area contributed by atoms with E-state index in [2.05, 4.69) is 5.32 Å². The normalized spacial score (nSPS) is 14.7. The van der Waals surface area contributed by atoms with Crippen molar-refractivity contribution >= 4 is 11.8 Å². The fourth-order valence-electron chi connectivity index (χ4n) is 4.81. The van der Waals surface area contributed by atoms with E-state index >= 15 is 0 Å². The van der Waals surface area contributed by atoms with Gasteiger partial charge in [0.2, 0.25) is 11.8 Å². The van der Waals surface area contributed by atoms with Crippen molar-refractivity contribution in [2.75, 3.05) is 0 Å². The highest BCUT2D eigenvalue weighted by Crippen LogP contribution is 2.21. The zero-order valence-corrected chi connectivity index (χ0v) is 20.3. The Kier molecular flexibility index (Phi) is 8.82. The number of rotatable bonds is 9. The molecular formula is C30H32F2N2O2. The Morgan fingerprint density at radius 3 is 2.03 bits per heavy atom. The molecule has 0 aliphatic heterocycles. The van der Waals surface area contributed by atoms with Crippen LogP contribution in [0.1, 0.15) is 48.8 Å². The zero-order chi connectivity index (χ0) is 25.3. The van der Waals surface area contributed by atoms with Crippen molar-refractivity contribution in [1.29, 1.82) is 0 Å². The van der Waals surface area contributed by atoms with Gasteiger partial charge in [-0.1, -0.05) is 86.0 Å². The minimum Gasteiger partial charge on any atom is -0.352 e. The molecule has 0 bridgehead atoms. The van der Waals surface area contributed by atoms with Crippen LogP contribution in [-0.2, 0) is 29.0 Å². The molecule has 0 spiro atoms. The van der Waals surface area contributed by atoms with Crippen LogP contribution in [0.5, 0.6) is 0 Å². The van der Waals surface area contributed by atoms with Gasteiger partial charge >= 0.3 is 0 Å². The van der Waals surface area contributed by atoms with Gasteiger partial charge in [0.25, 0.3) is 0 Å². The van der Waals surface area contributed by atoms with E-state index in [1.54, 1.807) is 36.4 Å². The summed E-state index contributed by atoms with van der Waals surface area (Å²) in [5.74, 6) is -1.62. The van der Waals surface area contributed by atoms with E-state index in [4.69, 9.17) is 0 Å². The lowest BCUT2D eigenvalue weighted by molar-refractivity contribution is -0.141. The molecule has 1 atom stereocenters. The van der Waals surface area contributed by atoms with Gasteiger partial charge in [0.05, 0.1) is 6.42 Å². The van der Waals surface area contributed by atoms with Gasteiger partial charge in [0.15, 0.2) is 0 Å². The predicted molar refractivity (Wildman–Crippen MR) is 136 cm³/mol. The summed E-state index contributed by atoms with van der Waals surface area (Å²) in [6.07, 6.45) is 5.12. The second kappa shape index (κ2) is 12.4. The van der Waals surface area contributed by atoms with Crippen molar-refractivity contribution < 1.29 is 18.4 Å². The van der Waals surface area contributed by atoms with E-state index in [-0.39, 0.29) is 36.9 Å². The highest BCUT2D eigenvalue weighted by atomic mass is 19.1. The van der Waals surface area contributed by atoms with Gasteiger partial charge in [-0.15, -0.1) is 0 Å². The summed E-state index contributed by atoms with van der Waals surface area (Å²) < 4.78 is 29.1. The van der Waals surface area contributed by atoms with Gasteiger partial charge in [-0.25, -0.2) is 8.78 Å². The first-order valence-electron chi connectivity index (χ1n) is 12.6. The lowest BCUT2D eigenvalue weighted by Gasteiger charge is -2.33. The number of nitrogens with zero attached hydrogens (tertiary/aromatic N) is 1. The molecule has 1 aliphatic carbocycles. The van der Waals surface area contributed by atoms with E-state index in [1.807, 2.05) is 30.3 Å². The number of hydrogen-bond acceptors (Lipinski definition) is 2. The fraction of sp³-hybridized carbons (Fsp3) is 0.333. The summed E-state index contributed by atoms with van der Waals surface area (Å²) in [6.45, 7) is -0.0878. The van der Waals surface area contributed by atoms with E-state index < -0.39 is 23.6 Å². The lowest BCUT2D eigenvalue weighted by Crippen LogP contribution is -2.53. The van der Waals surface area contributed by atoms with Crippen LogP contribution in [-0.4, -0.2) is 28.8 Å². The summed E-state index contributed by atoms with van der Waals surface area (Å²) in [7, 11) is 0. The molecule has 3 aromatic rings. The summed E-state index contributed by atoms with van der Waals surface area (Å²) in [6, 6.07) is 21.0. The van der Waals surface area contributed by atoms with Crippen LogP contribution in [0.3, 0.4) is 0 Å². The van der Waals surface area contributed by atoms with Gasteiger partial charge < -0.3 is 10.2 Å². The van der Waals surface area contributed by atoms with Gasteiger partial charge in [-0.05, 0) is 36.1 Å². The first-order valence-corrected chi connectivity index (χ1v) is 12.6. The Labute approximate surface area is 211 Å². The van der Waals surface area contributed by atoms with Crippen LogP contribution >= 0.6 is 0 Å². The third-order valence-corrected chi connectivity index (χ3v) is 6.82. The van der Waals surface area contributed by atoms with Crippen molar-refractivity contribution in [2.45, 2.75) is 63.6 Å². The second-order valence-corrected chi connectivity index (χ2v) is 9.43. The quantitative estimate of drug-likeness (QED) is 0.425. The largest absolute Gasteiger partial charge is 0.352 e. The van der Waals surface area contributed by atoms with Gasteiger partial charge in [0.1, 0.15) is 17.7 Å². The number of nitrogens with one attached hydrogen (secondary N) is 1. The number of benzene rings is 3.